The first-order valence-electron chi connectivity index (χ1n) is 12.7. The van der Waals surface area contributed by atoms with E-state index in [-0.39, 0.29) is 0 Å². The third-order valence-electron chi connectivity index (χ3n) is 8.04. The van der Waals surface area contributed by atoms with Gasteiger partial charge in [0.2, 0.25) is 0 Å². The van der Waals surface area contributed by atoms with Crippen LogP contribution in [0.25, 0.3) is 0 Å². The van der Waals surface area contributed by atoms with Crippen LogP contribution in [-0.2, 0) is 22.7 Å². The lowest BCUT2D eigenvalue weighted by atomic mass is 9.72. The van der Waals surface area contributed by atoms with E-state index in [1.165, 1.54) is 35.2 Å². The van der Waals surface area contributed by atoms with Gasteiger partial charge in [-0.25, -0.2) is 0 Å². The van der Waals surface area contributed by atoms with E-state index in [1.807, 2.05) is 0 Å². The predicted octanol–water partition coefficient (Wildman–Crippen LogP) is 6.54. The van der Waals surface area contributed by atoms with Crippen LogP contribution >= 0.6 is 0 Å². The molecule has 0 saturated heterocycles. The van der Waals surface area contributed by atoms with E-state index >= 15 is 0 Å². The number of hydrogen-bond acceptors (Lipinski definition) is 3. The number of ether oxygens (including phenoxy) is 2. The summed E-state index contributed by atoms with van der Waals surface area (Å²) >= 11 is 0. The Kier molecular flexibility index (Phi) is 7.32. The number of anilines is 1. The maximum absolute atomic E-state index is 6.32. The molecule has 3 nitrogen and oxygen atoms in total. The summed E-state index contributed by atoms with van der Waals surface area (Å²) in [4.78, 5) is 2.17. The van der Waals surface area contributed by atoms with Crippen molar-refractivity contribution < 1.29 is 9.47 Å². The van der Waals surface area contributed by atoms with Gasteiger partial charge in [0.05, 0.1) is 26.4 Å². The van der Waals surface area contributed by atoms with Crippen LogP contribution in [0.2, 0.25) is 0 Å². The fourth-order valence-electron chi connectivity index (χ4n) is 6.28. The standard InChI is InChI=1S/C31H37NO2/c1-32(2)27-15-13-25(14-16-27)28-17-26-18-29(28)31(22-34-20-24-11-7-4-8-12-24)30(26)21-33-19-23-9-5-3-6-10-23/h3-16,26,28-31H,17-22H2,1-2H3/t26?,28-,29?,30+,31-/m1/s1. The van der Waals surface area contributed by atoms with Gasteiger partial charge >= 0.3 is 0 Å². The summed E-state index contributed by atoms with van der Waals surface area (Å²) in [5.74, 6) is 3.18. The second-order valence-electron chi connectivity index (χ2n) is 10.3. The molecule has 0 N–H and O–H groups in total. The summed E-state index contributed by atoms with van der Waals surface area (Å²) in [6.45, 7) is 3.04. The van der Waals surface area contributed by atoms with Gasteiger partial charge in [-0.1, -0.05) is 72.8 Å². The quantitative estimate of drug-likeness (QED) is 0.346. The Bertz CT molecular complexity index is 1020. The zero-order valence-electron chi connectivity index (χ0n) is 20.5. The molecule has 0 aromatic heterocycles. The molecule has 0 spiro atoms. The van der Waals surface area contributed by atoms with Gasteiger partial charge in [0, 0.05) is 19.8 Å². The first-order chi connectivity index (χ1) is 16.7. The fraction of sp³-hybridized carbons (Fsp3) is 0.419. The SMILES string of the molecule is CN(C)c1ccc([C@H]2CC3CC2[C@@H](COCc2ccccc2)[C@H]3COCc2ccccc2)cc1. The molecule has 3 heteroatoms. The average molecular weight is 456 g/mol. The third kappa shape index (κ3) is 5.21. The smallest absolute Gasteiger partial charge is 0.0717 e. The molecule has 0 amide bonds. The normalized spacial score (nSPS) is 25.5. The van der Waals surface area contributed by atoms with Crippen LogP contribution in [0, 0.1) is 23.7 Å². The topological polar surface area (TPSA) is 21.7 Å². The van der Waals surface area contributed by atoms with E-state index in [9.17, 15) is 0 Å². The van der Waals surface area contributed by atoms with E-state index in [2.05, 4.69) is 104 Å². The first-order valence-corrected chi connectivity index (χ1v) is 12.7. The first kappa shape index (κ1) is 23.1. The van der Waals surface area contributed by atoms with Gasteiger partial charge in [0.15, 0.2) is 0 Å². The van der Waals surface area contributed by atoms with E-state index in [0.29, 0.717) is 36.9 Å². The summed E-state index contributed by atoms with van der Waals surface area (Å²) < 4.78 is 12.6. The Morgan fingerprint density at radius 2 is 1.24 bits per heavy atom. The van der Waals surface area contributed by atoms with Crippen molar-refractivity contribution in [2.45, 2.75) is 32.0 Å². The summed E-state index contributed by atoms with van der Waals surface area (Å²) in [6, 6.07) is 30.3. The molecule has 2 aliphatic carbocycles. The van der Waals surface area contributed by atoms with Gasteiger partial charge in [-0.15, -0.1) is 0 Å². The van der Waals surface area contributed by atoms with Crippen molar-refractivity contribution >= 4 is 5.69 Å². The zero-order valence-corrected chi connectivity index (χ0v) is 20.5. The van der Waals surface area contributed by atoms with Crippen molar-refractivity contribution in [2.75, 3.05) is 32.2 Å². The van der Waals surface area contributed by atoms with E-state index in [0.717, 1.165) is 19.1 Å². The molecule has 5 rings (SSSR count). The lowest BCUT2D eigenvalue weighted by Gasteiger charge is -2.36. The number of fused-ring (bicyclic) bond motifs is 2. The maximum Gasteiger partial charge on any atom is 0.0717 e. The molecule has 2 fully saturated rings. The number of hydrogen-bond donors (Lipinski definition) is 0. The van der Waals surface area contributed by atoms with Crippen LogP contribution in [0.4, 0.5) is 5.69 Å². The summed E-state index contributed by atoms with van der Waals surface area (Å²) in [5, 5.41) is 0. The highest BCUT2D eigenvalue weighted by molar-refractivity contribution is 5.47. The zero-order chi connectivity index (χ0) is 23.3. The highest BCUT2D eigenvalue weighted by atomic mass is 16.5. The molecule has 5 atom stereocenters. The molecule has 2 saturated carbocycles. The van der Waals surface area contributed by atoms with Crippen LogP contribution in [0.3, 0.4) is 0 Å². The van der Waals surface area contributed by atoms with Gasteiger partial charge < -0.3 is 14.4 Å². The molecule has 2 bridgehead atoms. The monoisotopic (exact) mass is 455 g/mol. The highest BCUT2D eigenvalue weighted by Gasteiger charge is 2.52. The molecular formula is C31H37NO2. The number of nitrogens with zero attached hydrogens (tertiary/aromatic N) is 1. The van der Waals surface area contributed by atoms with Crippen molar-refractivity contribution in [3.63, 3.8) is 0 Å². The van der Waals surface area contributed by atoms with Crippen LogP contribution in [-0.4, -0.2) is 27.3 Å². The van der Waals surface area contributed by atoms with Gasteiger partial charge in [0.25, 0.3) is 0 Å². The minimum absolute atomic E-state index is 0.553. The second kappa shape index (κ2) is 10.8. The average Bonchev–Trinajstić information content (AvgIpc) is 3.45. The van der Waals surface area contributed by atoms with Crippen LogP contribution in [0.5, 0.6) is 0 Å². The Balaban J connectivity index is 1.26. The molecule has 0 aliphatic heterocycles. The van der Waals surface area contributed by atoms with Gasteiger partial charge in [-0.05, 0) is 71.3 Å². The fourth-order valence-corrected chi connectivity index (χ4v) is 6.28. The largest absolute Gasteiger partial charge is 0.378 e. The van der Waals surface area contributed by atoms with Gasteiger partial charge in [-0.3, -0.25) is 0 Å². The van der Waals surface area contributed by atoms with Gasteiger partial charge in [-0.2, -0.15) is 0 Å². The molecular weight excluding hydrogens is 418 g/mol. The maximum atomic E-state index is 6.32. The van der Waals surface area contributed by atoms with Crippen molar-refractivity contribution in [2.24, 2.45) is 23.7 Å². The summed E-state index contributed by atoms with van der Waals surface area (Å²) in [6.07, 6.45) is 2.58. The van der Waals surface area contributed by atoms with Crippen molar-refractivity contribution in [1.82, 2.24) is 0 Å². The van der Waals surface area contributed by atoms with Crippen molar-refractivity contribution in [1.29, 1.82) is 0 Å². The van der Waals surface area contributed by atoms with Crippen molar-refractivity contribution in [3.8, 4) is 0 Å². The van der Waals surface area contributed by atoms with Crippen LogP contribution < -0.4 is 4.90 Å². The van der Waals surface area contributed by atoms with E-state index in [1.54, 1.807) is 0 Å². The molecule has 3 aromatic rings. The number of rotatable bonds is 10. The van der Waals surface area contributed by atoms with Crippen LogP contribution in [0.15, 0.2) is 84.9 Å². The molecule has 0 radical (unpaired) electrons. The number of benzene rings is 3. The van der Waals surface area contributed by atoms with E-state index in [4.69, 9.17) is 9.47 Å². The Hall–Kier alpha value is -2.62. The van der Waals surface area contributed by atoms with E-state index < -0.39 is 0 Å². The Morgan fingerprint density at radius 3 is 1.79 bits per heavy atom. The molecule has 178 valence electrons. The highest BCUT2D eigenvalue weighted by Crippen LogP contribution is 2.59. The third-order valence-corrected chi connectivity index (χ3v) is 8.04. The van der Waals surface area contributed by atoms with Crippen LogP contribution in [0.1, 0.15) is 35.4 Å². The molecule has 34 heavy (non-hydrogen) atoms. The minimum Gasteiger partial charge on any atom is -0.378 e. The molecule has 2 aliphatic rings. The summed E-state index contributed by atoms with van der Waals surface area (Å²) in [5.41, 5.74) is 5.26. The van der Waals surface area contributed by atoms with Gasteiger partial charge in [0.1, 0.15) is 0 Å². The van der Waals surface area contributed by atoms with Crippen molar-refractivity contribution in [3.05, 3.63) is 102 Å². The second-order valence-corrected chi connectivity index (χ2v) is 10.3. The lowest BCUT2D eigenvalue weighted by molar-refractivity contribution is -0.00441. The predicted molar refractivity (Wildman–Crippen MR) is 139 cm³/mol. The summed E-state index contributed by atoms with van der Waals surface area (Å²) in [7, 11) is 4.21. The Morgan fingerprint density at radius 1 is 0.676 bits per heavy atom. The molecule has 2 unspecified atom stereocenters. The Labute approximate surface area is 204 Å². The minimum atomic E-state index is 0.553. The molecule has 0 heterocycles. The molecule has 3 aromatic carbocycles. The lowest BCUT2D eigenvalue weighted by Crippen LogP contribution is -2.33.